The van der Waals surface area contributed by atoms with Gasteiger partial charge in [0.15, 0.2) is 0 Å². The molecule has 1 saturated heterocycles. The van der Waals surface area contributed by atoms with Crippen LogP contribution < -0.4 is 0 Å². The number of para-hydroxylation sites is 1. The number of hydrogen-bond acceptors (Lipinski definition) is 4. The Balaban J connectivity index is 1.42. The quantitative estimate of drug-likeness (QED) is 0.632. The van der Waals surface area contributed by atoms with Crippen LogP contribution >= 0.6 is 0 Å². The Morgan fingerprint density at radius 2 is 1.78 bits per heavy atom. The number of fused-ring (bicyclic) bond motifs is 3. The molecule has 1 aromatic heterocycles. The molecule has 27 heavy (non-hydrogen) atoms. The van der Waals surface area contributed by atoms with Crippen molar-refractivity contribution >= 4 is 45.1 Å². The maximum Gasteiger partial charge on any atom is 0.235 e. The molecule has 4 rings (SSSR count). The molecule has 1 atom stereocenters. The smallest absolute Gasteiger partial charge is 0.235 e. The van der Waals surface area contributed by atoms with Crippen molar-refractivity contribution in [3.63, 3.8) is 0 Å². The van der Waals surface area contributed by atoms with Crippen molar-refractivity contribution in [3.05, 3.63) is 48.0 Å². The number of amides is 2. The molecule has 2 amide bonds. The highest BCUT2D eigenvalue weighted by atomic mass is 32.2. The first-order valence-electron chi connectivity index (χ1n) is 8.86. The van der Waals surface area contributed by atoms with Gasteiger partial charge in [0.2, 0.25) is 12.3 Å². The Kier molecular flexibility index (Phi) is 4.94. The zero-order valence-corrected chi connectivity index (χ0v) is 15.6. The normalized spacial score (nSPS) is 16.0. The third-order valence-corrected chi connectivity index (χ3v) is 6.09. The lowest BCUT2D eigenvalue weighted by molar-refractivity contribution is -0.132. The van der Waals surface area contributed by atoms with E-state index in [1.54, 1.807) is 9.80 Å². The summed E-state index contributed by atoms with van der Waals surface area (Å²) in [6, 6.07) is 13.6. The highest BCUT2D eigenvalue weighted by Gasteiger charge is 2.21. The van der Waals surface area contributed by atoms with E-state index in [1.807, 2.05) is 42.5 Å². The number of piperazine rings is 1. The van der Waals surface area contributed by atoms with E-state index in [0.717, 1.165) is 33.9 Å². The van der Waals surface area contributed by atoms with Gasteiger partial charge in [0.1, 0.15) is 16.9 Å². The molecule has 1 fully saturated rings. The van der Waals surface area contributed by atoms with Gasteiger partial charge in [-0.15, -0.1) is 0 Å². The molecular formula is C20H20N2O4S. The van der Waals surface area contributed by atoms with Crippen LogP contribution in [0.1, 0.15) is 5.56 Å². The van der Waals surface area contributed by atoms with Crippen LogP contribution in [0.5, 0.6) is 0 Å². The molecule has 0 saturated carbocycles. The average Bonchev–Trinajstić information content (AvgIpc) is 3.06. The van der Waals surface area contributed by atoms with Gasteiger partial charge < -0.3 is 14.2 Å². The third kappa shape index (κ3) is 3.73. The van der Waals surface area contributed by atoms with Crippen LogP contribution in [0.2, 0.25) is 0 Å². The van der Waals surface area contributed by atoms with Gasteiger partial charge >= 0.3 is 0 Å². The van der Waals surface area contributed by atoms with Gasteiger partial charge in [0.05, 0.1) is 0 Å². The van der Waals surface area contributed by atoms with E-state index in [0.29, 0.717) is 31.9 Å². The van der Waals surface area contributed by atoms with Gasteiger partial charge in [-0.05, 0) is 23.8 Å². The van der Waals surface area contributed by atoms with Crippen molar-refractivity contribution in [2.45, 2.75) is 5.75 Å². The van der Waals surface area contributed by atoms with E-state index < -0.39 is 10.8 Å². The number of nitrogens with zero attached hydrogens (tertiary/aromatic N) is 2. The Morgan fingerprint density at radius 3 is 2.56 bits per heavy atom. The van der Waals surface area contributed by atoms with Gasteiger partial charge in [-0.3, -0.25) is 13.8 Å². The van der Waals surface area contributed by atoms with E-state index in [4.69, 9.17) is 4.42 Å². The van der Waals surface area contributed by atoms with Crippen LogP contribution in [0.25, 0.3) is 21.9 Å². The molecule has 0 aliphatic carbocycles. The highest BCUT2D eigenvalue weighted by molar-refractivity contribution is 7.84. The molecule has 0 bridgehead atoms. The van der Waals surface area contributed by atoms with Gasteiger partial charge in [0, 0.05) is 53.5 Å². The fourth-order valence-corrected chi connectivity index (χ4v) is 4.52. The summed E-state index contributed by atoms with van der Waals surface area (Å²) in [6.45, 7) is 2.07. The molecule has 1 aliphatic heterocycles. The lowest BCUT2D eigenvalue weighted by Crippen LogP contribution is -2.49. The minimum Gasteiger partial charge on any atom is -0.456 e. The predicted molar refractivity (Wildman–Crippen MR) is 105 cm³/mol. The summed E-state index contributed by atoms with van der Waals surface area (Å²) >= 11 is 0. The largest absolute Gasteiger partial charge is 0.456 e. The van der Waals surface area contributed by atoms with Crippen LogP contribution in [0.3, 0.4) is 0 Å². The summed E-state index contributed by atoms with van der Waals surface area (Å²) in [4.78, 5) is 26.4. The molecule has 0 spiro atoms. The third-order valence-electron chi connectivity index (χ3n) is 4.87. The molecule has 0 radical (unpaired) electrons. The molecule has 6 nitrogen and oxygen atoms in total. The number of carbonyl (C=O) groups excluding carboxylic acids is 2. The zero-order chi connectivity index (χ0) is 18.8. The Bertz CT molecular complexity index is 1020. The fourth-order valence-electron chi connectivity index (χ4n) is 3.41. The van der Waals surface area contributed by atoms with E-state index in [2.05, 4.69) is 0 Å². The fraction of sp³-hybridized carbons (Fsp3) is 0.300. The molecule has 0 N–H and O–H groups in total. The molecular weight excluding hydrogens is 364 g/mol. The van der Waals surface area contributed by atoms with Crippen molar-refractivity contribution in [2.75, 3.05) is 31.9 Å². The zero-order valence-electron chi connectivity index (χ0n) is 14.8. The number of carbonyl (C=O) groups is 2. The minimum atomic E-state index is -1.28. The summed E-state index contributed by atoms with van der Waals surface area (Å²) in [7, 11) is -1.28. The summed E-state index contributed by atoms with van der Waals surface area (Å²) in [5.41, 5.74) is 2.55. The summed E-state index contributed by atoms with van der Waals surface area (Å²) < 4.78 is 18.3. The lowest BCUT2D eigenvalue weighted by atomic mass is 10.1. The standard InChI is InChI=1S/C20H20N2O4S/c23-14-21-7-9-22(10-8-21)20(24)13-27(25)12-15-5-6-19-17(11-15)16-3-1-2-4-18(16)26-19/h1-6,11,14H,7-10,12-13H2. The van der Waals surface area contributed by atoms with Crippen LogP contribution in [0.15, 0.2) is 46.9 Å². The van der Waals surface area contributed by atoms with Crippen LogP contribution in [0.4, 0.5) is 0 Å². The van der Waals surface area contributed by atoms with Crippen molar-refractivity contribution < 1.29 is 18.2 Å². The molecule has 2 heterocycles. The SMILES string of the molecule is O=CN1CCN(C(=O)CS(=O)Cc2ccc3oc4ccccc4c3c2)CC1. The van der Waals surface area contributed by atoms with Gasteiger partial charge in [-0.1, -0.05) is 24.3 Å². The van der Waals surface area contributed by atoms with E-state index in [-0.39, 0.29) is 11.7 Å². The highest BCUT2D eigenvalue weighted by Crippen LogP contribution is 2.29. The second-order valence-electron chi connectivity index (χ2n) is 6.68. The molecule has 7 heteroatoms. The maximum absolute atomic E-state index is 12.5. The number of rotatable bonds is 5. The van der Waals surface area contributed by atoms with Crippen molar-refractivity contribution in [3.8, 4) is 0 Å². The topological polar surface area (TPSA) is 70.8 Å². The van der Waals surface area contributed by atoms with Gasteiger partial charge in [0.25, 0.3) is 0 Å². The first kappa shape index (κ1) is 17.7. The average molecular weight is 384 g/mol. The van der Waals surface area contributed by atoms with Crippen LogP contribution in [-0.4, -0.2) is 58.3 Å². The van der Waals surface area contributed by atoms with Crippen LogP contribution in [0, 0.1) is 0 Å². The van der Waals surface area contributed by atoms with E-state index in [9.17, 15) is 13.8 Å². The molecule has 1 aliphatic rings. The Morgan fingerprint density at radius 1 is 1.04 bits per heavy atom. The second-order valence-corrected chi connectivity index (χ2v) is 8.14. The molecule has 140 valence electrons. The molecule has 3 aromatic rings. The van der Waals surface area contributed by atoms with Crippen molar-refractivity contribution in [2.24, 2.45) is 0 Å². The van der Waals surface area contributed by atoms with E-state index in [1.165, 1.54) is 0 Å². The summed E-state index contributed by atoms with van der Waals surface area (Å²) in [5.74, 6) is 0.217. The number of furan rings is 1. The molecule has 2 aromatic carbocycles. The van der Waals surface area contributed by atoms with Crippen LogP contribution in [-0.2, 0) is 26.1 Å². The second kappa shape index (κ2) is 7.52. The predicted octanol–water partition coefficient (Wildman–Crippen LogP) is 2.14. The number of benzene rings is 2. The monoisotopic (exact) mass is 384 g/mol. The van der Waals surface area contributed by atoms with Crippen molar-refractivity contribution in [1.29, 1.82) is 0 Å². The minimum absolute atomic E-state index is 0.00522. The molecule has 1 unspecified atom stereocenters. The summed E-state index contributed by atoms with van der Waals surface area (Å²) in [6.07, 6.45) is 0.801. The lowest BCUT2D eigenvalue weighted by Gasteiger charge is -2.32. The summed E-state index contributed by atoms with van der Waals surface area (Å²) in [5, 5.41) is 2.03. The first-order chi connectivity index (χ1) is 13.1. The van der Waals surface area contributed by atoms with Gasteiger partial charge in [-0.2, -0.15) is 0 Å². The first-order valence-corrected chi connectivity index (χ1v) is 10.3. The van der Waals surface area contributed by atoms with E-state index >= 15 is 0 Å². The Labute approximate surface area is 159 Å². The maximum atomic E-state index is 12.5. The Hall–Kier alpha value is -2.67. The van der Waals surface area contributed by atoms with Crippen molar-refractivity contribution in [1.82, 2.24) is 9.80 Å². The number of hydrogen-bond donors (Lipinski definition) is 0. The van der Waals surface area contributed by atoms with Gasteiger partial charge in [-0.25, -0.2) is 0 Å².